The molecule has 0 aromatic heterocycles. The van der Waals surface area contributed by atoms with E-state index in [1.807, 2.05) is 7.05 Å². The summed E-state index contributed by atoms with van der Waals surface area (Å²) in [5.74, 6) is 0.982. The van der Waals surface area contributed by atoms with Crippen molar-refractivity contribution in [3.63, 3.8) is 0 Å². The van der Waals surface area contributed by atoms with Crippen LogP contribution in [0.5, 0.6) is 0 Å². The molecular weight excluding hydrogens is 492 g/mol. The summed E-state index contributed by atoms with van der Waals surface area (Å²) in [6.07, 6.45) is 27.7. The minimum Gasteiger partial charge on any atom is -0.396 e. The third-order valence-corrected chi connectivity index (χ3v) is 9.17. The topological polar surface area (TPSA) is 52.6 Å². The summed E-state index contributed by atoms with van der Waals surface area (Å²) in [4.78, 5) is 14.9. The number of rotatable bonds is 24. The number of hydrogen-bond acceptors (Lipinski definition) is 3. The highest BCUT2D eigenvalue weighted by Crippen LogP contribution is 2.34. The van der Waals surface area contributed by atoms with Crippen LogP contribution in [0.1, 0.15) is 165 Å². The molecule has 1 amide bonds. The molecule has 0 spiro atoms. The maximum absolute atomic E-state index is 12.8. The van der Waals surface area contributed by atoms with Crippen molar-refractivity contribution in [1.29, 1.82) is 0 Å². The molecule has 1 aliphatic rings. The van der Waals surface area contributed by atoms with Crippen molar-refractivity contribution in [1.82, 2.24) is 10.2 Å². The SMILES string of the molecule is CCCCCCCCCCCCCCCCCC(=O)N(C)C1CCC(c2ccc(CNCCCCO)cc2)CC1. The van der Waals surface area contributed by atoms with Gasteiger partial charge in [0.05, 0.1) is 0 Å². The predicted octanol–water partition coefficient (Wildman–Crippen LogP) is 9.29. The second kappa shape index (κ2) is 23.2. The zero-order valence-electron chi connectivity index (χ0n) is 26.4. The summed E-state index contributed by atoms with van der Waals surface area (Å²) < 4.78 is 0. The highest BCUT2D eigenvalue weighted by atomic mass is 16.2. The summed E-state index contributed by atoms with van der Waals surface area (Å²) in [6, 6.07) is 9.55. The Hall–Kier alpha value is -1.39. The molecule has 1 aromatic rings. The monoisotopic (exact) mass is 556 g/mol. The molecule has 4 nitrogen and oxygen atoms in total. The lowest BCUT2D eigenvalue weighted by atomic mass is 9.81. The van der Waals surface area contributed by atoms with Crippen molar-refractivity contribution in [2.75, 3.05) is 20.2 Å². The Morgan fingerprint density at radius 3 is 1.80 bits per heavy atom. The second-order valence-electron chi connectivity index (χ2n) is 12.6. The van der Waals surface area contributed by atoms with Crippen LogP contribution in [0.25, 0.3) is 0 Å². The van der Waals surface area contributed by atoms with Crippen molar-refractivity contribution in [2.45, 2.75) is 167 Å². The highest BCUT2D eigenvalue weighted by molar-refractivity contribution is 5.76. The number of aliphatic hydroxyl groups excluding tert-OH is 1. The Morgan fingerprint density at radius 1 is 0.750 bits per heavy atom. The zero-order valence-corrected chi connectivity index (χ0v) is 26.4. The smallest absolute Gasteiger partial charge is 0.222 e. The first kappa shape index (κ1) is 34.8. The van der Waals surface area contributed by atoms with Gasteiger partial charge < -0.3 is 15.3 Å². The van der Waals surface area contributed by atoms with E-state index in [4.69, 9.17) is 5.11 Å². The zero-order chi connectivity index (χ0) is 28.7. The van der Waals surface area contributed by atoms with Gasteiger partial charge in [-0.05, 0) is 68.5 Å². The van der Waals surface area contributed by atoms with Crippen molar-refractivity contribution in [3.8, 4) is 0 Å². The molecule has 2 rings (SSSR count). The van der Waals surface area contributed by atoms with E-state index in [1.54, 1.807) is 0 Å². The minimum atomic E-state index is 0.280. The molecule has 2 N–H and O–H groups in total. The van der Waals surface area contributed by atoms with Gasteiger partial charge in [0.15, 0.2) is 0 Å². The Labute approximate surface area is 248 Å². The third-order valence-electron chi connectivity index (χ3n) is 9.17. The van der Waals surface area contributed by atoms with E-state index in [0.717, 1.165) is 51.6 Å². The van der Waals surface area contributed by atoms with Crippen molar-refractivity contribution in [3.05, 3.63) is 35.4 Å². The summed E-state index contributed by atoms with van der Waals surface area (Å²) in [5, 5.41) is 12.3. The number of unbranched alkanes of at least 4 members (excludes halogenated alkanes) is 15. The van der Waals surface area contributed by atoms with Gasteiger partial charge in [0.1, 0.15) is 0 Å². The van der Waals surface area contributed by atoms with Gasteiger partial charge in [-0.15, -0.1) is 0 Å². The number of aliphatic hydroxyl groups is 1. The van der Waals surface area contributed by atoms with Gasteiger partial charge in [0.25, 0.3) is 0 Å². The molecule has 1 aromatic carbocycles. The largest absolute Gasteiger partial charge is 0.396 e. The first-order valence-corrected chi connectivity index (χ1v) is 17.3. The Bertz CT molecular complexity index is 727. The van der Waals surface area contributed by atoms with Crippen LogP contribution in [-0.2, 0) is 11.3 Å². The fourth-order valence-corrected chi connectivity index (χ4v) is 6.33. The van der Waals surface area contributed by atoms with Crippen LogP contribution < -0.4 is 5.32 Å². The molecule has 0 radical (unpaired) electrons. The van der Waals surface area contributed by atoms with E-state index in [1.165, 1.54) is 114 Å². The first-order chi connectivity index (χ1) is 19.7. The summed E-state index contributed by atoms with van der Waals surface area (Å²) in [7, 11) is 2.04. The van der Waals surface area contributed by atoms with Gasteiger partial charge in [-0.3, -0.25) is 4.79 Å². The van der Waals surface area contributed by atoms with Crippen LogP contribution in [0.4, 0.5) is 0 Å². The summed E-state index contributed by atoms with van der Waals surface area (Å²) >= 11 is 0. The van der Waals surface area contributed by atoms with Gasteiger partial charge in [-0.25, -0.2) is 0 Å². The molecular formula is C36H64N2O2. The number of nitrogens with zero attached hydrogens (tertiary/aromatic N) is 1. The van der Waals surface area contributed by atoms with Gasteiger partial charge >= 0.3 is 0 Å². The number of benzene rings is 1. The van der Waals surface area contributed by atoms with Crippen LogP contribution >= 0.6 is 0 Å². The van der Waals surface area contributed by atoms with E-state index in [0.29, 0.717) is 17.9 Å². The minimum absolute atomic E-state index is 0.280. The predicted molar refractivity (Wildman–Crippen MR) is 172 cm³/mol. The lowest BCUT2D eigenvalue weighted by molar-refractivity contribution is -0.132. The van der Waals surface area contributed by atoms with E-state index in [9.17, 15) is 4.79 Å². The molecule has 1 aliphatic carbocycles. The Balaban J connectivity index is 1.46. The number of carbonyl (C=O) groups is 1. The number of carbonyl (C=O) groups excluding carboxylic acids is 1. The average Bonchev–Trinajstić information content (AvgIpc) is 2.99. The van der Waals surface area contributed by atoms with Gasteiger partial charge in [0, 0.05) is 32.7 Å². The highest BCUT2D eigenvalue weighted by Gasteiger charge is 2.27. The van der Waals surface area contributed by atoms with E-state index in [-0.39, 0.29) is 6.61 Å². The molecule has 0 bridgehead atoms. The van der Waals surface area contributed by atoms with E-state index >= 15 is 0 Å². The fourth-order valence-electron chi connectivity index (χ4n) is 6.33. The standard InChI is InChI=1S/C36H64N2O2/c1-3-4-5-6-7-8-9-10-11-12-13-14-15-16-17-20-36(40)38(2)35-27-25-34(26-28-35)33-23-21-32(22-24-33)31-37-29-18-19-30-39/h21-24,34-35,37,39H,3-20,25-31H2,1-2H3. The second-order valence-corrected chi connectivity index (χ2v) is 12.6. The average molecular weight is 557 g/mol. The molecule has 0 atom stereocenters. The molecule has 1 saturated carbocycles. The lowest BCUT2D eigenvalue weighted by Gasteiger charge is -2.35. The van der Waals surface area contributed by atoms with Crippen LogP contribution in [0.15, 0.2) is 24.3 Å². The van der Waals surface area contributed by atoms with Crippen molar-refractivity contribution < 1.29 is 9.90 Å². The maximum Gasteiger partial charge on any atom is 0.222 e. The summed E-state index contributed by atoms with van der Waals surface area (Å²) in [6.45, 7) is 4.42. The normalized spacial score (nSPS) is 17.3. The van der Waals surface area contributed by atoms with Crippen LogP contribution in [0, 0.1) is 0 Å². The third kappa shape index (κ3) is 15.6. The van der Waals surface area contributed by atoms with Gasteiger partial charge in [-0.2, -0.15) is 0 Å². The lowest BCUT2D eigenvalue weighted by Crippen LogP contribution is -2.39. The number of hydrogen-bond donors (Lipinski definition) is 2. The Kier molecular flexibility index (Phi) is 20.2. The fraction of sp³-hybridized carbons (Fsp3) is 0.806. The molecule has 0 unspecified atom stereocenters. The van der Waals surface area contributed by atoms with E-state index < -0.39 is 0 Å². The van der Waals surface area contributed by atoms with Crippen LogP contribution in [-0.4, -0.2) is 42.2 Å². The van der Waals surface area contributed by atoms with Crippen molar-refractivity contribution in [2.24, 2.45) is 0 Å². The first-order valence-electron chi connectivity index (χ1n) is 17.3. The van der Waals surface area contributed by atoms with Gasteiger partial charge in [-0.1, -0.05) is 121 Å². The molecule has 0 aliphatic heterocycles. The van der Waals surface area contributed by atoms with E-state index in [2.05, 4.69) is 41.4 Å². The van der Waals surface area contributed by atoms with Gasteiger partial charge in [0.2, 0.25) is 5.91 Å². The van der Waals surface area contributed by atoms with Crippen molar-refractivity contribution >= 4 is 5.91 Å². The summed E-state index contributed by atoms with van der Waals surface area (Å²) in [5.41, 5.74) is 2.78. The molecule has 230 valence electrons. The molecule has 0 heterocycles. The van der Waals surface area contributed by atoms with Crippen LogP contribution in [0.2, 0.25) is 0 Å². The Morgan fingerprint density at radius 2 is 1.27 bits per heavy atom. The molecule has 40 heavy (non-hydrogen) atoms. The molecule has 1 fully saturated rings. The quantitative estimate of drug-likeness (QED) is 0.125. The van der Waals surface area contributed by atoms with Crippen LogP contribution in [0.3, 0.4) is 0 Å². The molecule has 4 heteroatoms. The molecule has 0 saturated heterocycles. The maximum atomic E-state index is 12.8. The number of nitrogens with one attached hydrogen (secondary N) is 1. The number of amides is 1.